The van der Waals surface area contributed by atoms with Crippen molar-refractivity contribution in [1.82, 2.24) is 4.98 Å². The minimum absolute atomic E-state index is 0.259. The number of carbonyl (C=O) groups is 1. The van der Waals surface area contributed by atoms with E-state index in [1.165, 1.54) is 11.1 Å². The first-order valence-electron chi connectivity index (χ1n) is 12.2. The van der Waals surface area contributed by atoms with E-state index in [1.807, 2.05) is 12.1 Å². The van der Waals surface area contributed by atoms with Gasteiger partial charge in [0.25, 0.3) is 0 Å². The van der Waals surface area contributed by atoms with E-state index in [2.05, 4.69) is 74.5 Å². The number of hydrogen-bond donors (Lipinski definition) is 1. The highest BCUT2D eigenvalue weighted by atomic mass is 16.5. The van der Waals surface area contributed by atoms with Gasteiger partial charge in [0.05, 0.1) is 0 Å². The first kappa shape index (κ1) is 23.6. The molecular formula is C31H29NO4. The fourth-order valence-electron chi connectivity index (χ4n) is 4.68. The Hall–Kier alpha value is -4.12. The highest BCUT2D eigenvalue weighted by molar-refractivity contribution is 5.79. The van der Waals surface area contributed by atoms with Crippen molar-refractivity contribution in [1.29, 1.82) is 0 Å². The van der Waals surface area contributed by atoms with Crippen molar-refractivity contribution in [3.8, 4) is 28.3 Å². The molecule has 5 heteroatoms. The molecule has 0 fully saturated rings. The number of hydrogen-bond acceptors (Lipinski definition) is 4. The van der Waals surface area contributed by atoms with Crippen LogP contribution in [-0.4, -0.2) is 22.7 Å². The molecule has 0 aliphatic heterocycles. The van der Waals surface area contributed by atoms with Gasteiger partial charge in [0, 0.05) is 16.7 Å². The largest absolute Gasteiger partial charge is 0.482 e. The van der Waals surface area contributed by atoms with E-state index in [9.17, 15) is 4.79 Å². The number of oxazole rings is 1. The number of carboxylic acid groups (broad SMARTS) is 1. The standard InChI is InChI=1S/C31H29NO4/c1-20-9-13-23(14-10-20)29-30(24-15-11-21(2)12-16-24)36-31(32-29)27-8-4-6-25(27)17-22-5-3-7-26(18-22)35-19-28(33)34/h3,5,7-16,18,25H,4,6,17,19H2,1-2H3,(H,33,34). The number of rotatable bonds is 8. The molecule has 3 aromatic carbocycles. The summed E-state index contributed by atoms with van der Waals surface area (Å²) in [6, 6.07) is 24.4. The summed E-state index contributed by atoms with van der Waals surface area (Å²) >= 11 is 0. The summed E-state index contributed by atoms with van der Waals surface area (Å²) in [5.74, 6) is 1.29. The molecule has 0 amide bonds. The molecule has 0 saturated carbocycles. The molecule has 4 aromatic rings. The highest BCUT2D eigenvalue weighted by Crippen LogP contribution is 2.41. The Labute approximate surface area is 211 Å². The van der Waals surface area contributed by atoms with Gasteiger partial charge in [-0.05, 0) is 56.7 Å². The minimum Gasteiger partial charge on any atom is -0.482 e. The first-order valence-corrected chi connectivity index (χ1v) is 12.2. The van der Waals surface area contributed by atoms with E-state index >= 15 is 0 Å². The zero-order valence-corrected chi connectivity index (χ0v) is 20.5. The molecule has 1 heterocycles. The number of allylic oxidation sites excluding steroid dienone is 2. The molecule has 1 N–H and O–H groups in total. The van der Waals surface area contributed by atoms with Crippen molar-refractivity contribution in [2.75, 3.05) is 6.61 Å². The van der Waals surface area contributed by atoms with Crippen molar-refractivity contribution >= 4 is 11.5 Å². The van der Waals surface area contributed by atoms with E-state index in [0.29, 0.717) is 11.6 Å². The molecule has 1 aliphatic rings. The van der Waals surface area contributed by atoms with E-state index in [-0.39, 0.29) is 12.5 Å². The lowest BCUT2D eigenvalue weighted by molar-refractivity contribution is -0.139. The van der Waals surface area contributed by atoms with Gasteiger partial charge >= 0.3 is 5.97 Å². The zero-order valence-electron chi connectivity index (χ0n) is 20.5. The maximum atomic E-state index is 10.9. The molecule has 5 rings (SSSR count). The summed E-state index contributed by atoms with van der Waals surface area (Å²) in [5, 5.41) is 8.90. The third-order valence-electron chi connectivity index (χ3n) is 6.57. The average Bonchev–Trinajstić information content (AvgIpc) is 3.51. The van der Waals surface area contributed by atoms with Gasteiger partial charge in [-0.25, -0.2) is 9.78 Å². The molecule has 5 nitrogen and oxygen atoms in total. The van der Waals surface area contributed by atoms with E-state index < -0.39 is 5.97 Å². The molecule has 1 aliphatic carbocycles. The van der Waals surface area contributed by atoms with E-state index in [0.717, 1.165) is 53.0 Å². The van der Waals surface area contributed by atoms with Crippen molar-refractivity contribution < 1.29 is 19.1 Å². The summed E-state index contributed by atoms with van der Waals surface area (Å²) in [6.07, 6.45) is 5.02. The number of carboxylic acids is 1. The number of ether oxygens (including phenoxy) is 1. The lowest BCUT2D eigenvalue weighted by atomic mass is 9.93. The molecule has 0 radical (unpaired) electrons. The Morgan fingerprint density at radius 2 is 1.69 bits per heavy atom. The van der Waals surface area contributed by atoms with Gasteiger partial charge in [-0.2, -0.15) is 0 Å². The molecule has 0 spiro atoms. The third kappa shape index (κ3) is 5.25. The van der Waals surface area contributed by atoms with Crippen LogP contribution in [0.4, 0.5) is 0 Å². The quantitative estimate of drug-likeness (QED) is 0.291. The maximum Gasteiger partial charge on any atom is 0.341 e. The molecule has 0 saturated heterocycles. The summed E-state index contributed by atoms with van der Waals surface area (Å²) in [7, 11) is 0. The molecule has 0 bridgehead atoms. The number of aryl methyl sites for hydroxylation is 2. The SMILES string of the molecule is Cc1ccc(-c2nc(C3=CCCC3Cc3cccc(OCC(=O)O)c3)oc2-c2ccc(C)cc2)cc1. The van der Waals surface area contributed by atoms with E-state index in [4.69, 9.17) is 19.2 Å². The van der Waals surface area contributed by atoms with Crippen molar-refractivity contribution in [2.24, 2.45) is 5.92 Å². The smallest absolute Gasteiger partial charge is 0.341 e. The van der Waals surface area contributed by atoms with Crippen molar-refractivity contribution in [3.63, 3.8) is 0 Å². The van der Waals surface area contributed by atoms with E-state index in [1.54, 1.807) is 6.07 Å². The monoisotopic (exact) mass is 479 g/mol. The van der Waals surface area contributed by atoms with Crippen LogP contribution in [0.5, 0.6) is 5.75 Å². The molecule has 1 unspecified atom stereocenters. The predicted molar refractivity (Wildman–Crippen MR) is 141 cm³/mol. The van der Waals surface area contributed by atoms with Crippen molar-refractivity contribution in [3.05, 3.63) is 101 Å². The van der Waals surface area contributed by atoms with Gasteiger partial charge in [0.1, 0.15) is 11.4 Å². The fraction of sp³-hybridized carbons (Fsp3) is 0.226. The summed E-state index contributed by atoms with van der Waals surface area (Å²) in [5.41, 5.74) is 7.51. The number of aromatic nitrogens is 1. The fourth-order valence-corrected chi connectivity index (χ4v) is 4.68. The second-order valence-corrected chi connectivity index (χ2v) is 9.40. The molecular weight excluding hydrogens is 450 g/mol. The van der Waals surface area contributed by atoms with Crippen LogP contribution in [0.15, 0.2) is 83.3 Å². The van der Waals surface area contributed by atoms with Gasteiger partial charge in [0.15, 0.2) is 12.4 Å². The van der Waals surface area contributed by atoms with Crippen LogP contribution in [0.2, 0.25) is 0 Å². The summed E-state index contributed by atoms with van der Waals surface area (Å²) < 4.78 is 11.9. The minimum atomic E-state index is -0.987. The zero-order chi connectivity index (χ0) is 25.1. The maximum absolute atomic E-state index is 10.9. The van der Waals surface area contributed by atoms with Crippen LogP contribution in [0.25, 0.3) is 28.2 Å². The van der Waals surface area contributed by atoms with Gasteiger partial charge in [0.2, 0.25) is 5.89 Å². The van der Waals surface area contributed by atoms with Crippen molar-refractivity contribution in [2.45, 2.75) is 33.1 Å². The third-order valence-corrected chi connectivity index (χ3v) is 6.57. The summed E-state index contributed by atoms with van der Waals surface area (Å²) in [6.45, 7) is 3.80. The van der Waals surface area contributed by atoms with Gasteiger partial charge in [-0.15, -0.1) is 0 Å². The average molecular weight is 480 g/mol. The highest BCUT2D eigenvalue weighted by Gasteiger charge is 2.27. The van der Waals surface area contributed by atoms with Gasteiger partial charge in [-0.1, -0.05) is 77.9 Å². The van der Waals surface area contributed by atoms with Gasteiger partial charge < -0.3 is 14.3 Å². The molecule has 1 aromatic heterocycles. The Morgan fingerprint density at radius 3 is 2.39 bits per heavy atom. The van der Waals surface area contributed by atoms with Crippen LogP contribution < -0.4 is 4.74 Å². The second-order valence-electron chi connectivity index (χ2n) is 9.40. The van der Waals surface area contributed by atoms with Crippen LogP contribution in [0, 0.1) is 19.8 Å². The first-order chi connectivity index (χ1) is 17.5. The predicted octanol–water partition coefficient (Wildman–Crippen LogP) is 7.12. The molecule has 36 heavy (non-hydrogen) atoms. The normalized spacial score (nSPS) is 15.1. The Balaban J connectivity index is 1.46. The summed E-state index contributed by atoms with van der Waals surface area (Å²) in [4.78, 5) is 15.9. The Bertz CT molecular complexity index is 1330. The van der Waals surface area contributed by atoms with Crippen LogP contribution >= 0.6 is 0 Å². The Morgan fingerprint density at radius 1 is 1.00 bits per heavy atom. The lowest BCUT2D eigenvalue weighted by Gasteiger charge is -2.14. The Kier molecular flexibility index (Phi) is 6.72. The molecule has 182 valence electrons. The molecule has 1 atom stereocenters. The van der Waals surface area contributed by atoms with Crippen LogP contribution in [0.3, 0.4) is 0 Å². The number of aliphatic carboxylic acids is 1. The van der Waals surface area contributed by atoms with Crippen LogP contribution in [0.1, 0.15) is 35.4 Å². The number of benzene rings is 3. The topological polar surface area (TPSA) is 72.6 Å². The lowest BCUT2D eigenvalue weighted by Crippen LogP contribution is -2.09. The number of nitrogens with zero attached hydrogens (tertiary/aromatic N) is 1. The van der Waals surface area contributed by atoms with Crippen LogP contribution in [-0.2, 0) is 11.2 Å². The second kappa shape index (κ2) is 10.2. The van der Waals surface area contributed by atoms with Gasteiger partial charge in [-0.3, -0.25) is 0 Å².